The third kappa shape index (κ3) is 12.8. The van der Waals surface area contributed by atoms with Gasteiger partial charge in [0.05, 0.1) is 39.1 Å². The van der Waals surface area contributed by atoms with Crippen molar-refractivity contribution in [3.05, 3.63) is 47.5 Å². The highest BCUT2D eigenvalue weighted by Gasteiger charge is 2.16. The van der Waals surface area contributed by atoms with Gasteiger partial charge in [0, 0.05) is 20.8 Å². The molecular formula is C23H38O6. The lowest BCUT2D eigenvalue weighted by Crippen LogP contribution is -2.19. The lowest BCUT2D eigenvalue weighted by Gasteiger charge is -2.22. The molecule has 0 saturated carbocycles. The molecule has 0 aromatic heterocycles. The number of aliphatic hydroxyl groups excluding tert-OH is 1. The fourth-order valence-corrected chi connectivity index (χ4v) is 3.02. The molecule has 0 heterocycles. The molecule has 1 N–H and O–H groups in total. The van der Waals surface area contributed by atoms with Crippen LogP contribution in [0.15, 0.2) is 42.0 Å². The van der Waals surface area contributed by atoms with Gasteiger partial charge < -0.3 is 28.8 Å². The van der Waals surface area contributed by atoms with Gasteiger partial charge in [-0.2, -0.15) is 0 Å². The predicted molar refractivity (Wildman–Crippen MR) is 114 cm³/mol. The van der Waals surface area contributed by atoms with Gasteiger partial charge in [0.25, 0.3) is 0 Å². The van der Waals surface area contributed by atoms with Crippen molar-refractivity contribution in [3.63, 3.8) is 0 Å². The summed E-state index contributed by atoms with van der Waals surface area (Å²) in [6.07, 6.45) is 4.38. The van der Waals surface area contributed by atoms with Crippen LogP contribution in [-0.4, -0.2) is 65.3 Å². The molecule has 0 aliphatic heterocycles. The molecule has 6 nitrogen and oxygen atoms in total. The standard InChI is InChI=1S/C23H38O6/c1-20(17-29-19-28-15-14-25-2)16-22(11-12-24)23(26-3)10-7-13-27-18-21-8-5-4-6-9-21/h4-6,8-9,11,20,23-24H,7,10,12-19H2,1-3H3/b22-11+/t20-,23-/m1/s1. The van der Waals surface area contributed by atoms with E-state index in [-0.39, 0.29) is 19.5 Å². The fourth-order valence-electron chi connectivity index (χ4n) is 3.02. The van der Waals surface area contributed by atoms with Crippen LogP contribution < -0.4 is 0 Å². The van der Waals surface area contributed by atoms with Crippen LogP contribution in [0, 0.1) is 5.92 Å². The van der Waals surface area contributed by atoms with Gasteiger partial charge in [0.15, 0.2) is 0 Å². The Kier molecular flexibility index (Phi) is 15.6. The van der Waals surface area contributed by atoms with Gasteiger partial charge in [-0.1, -0.05) is 43.3 Å². The number of rotatable bonds is 18. The van der Waals surface area contributed by atoms with Gasteiger partial charge >= 0.3 is 0 Å². The highest BCUT2D eigenvalue weighted by atomic mass is 16.7. The lowest BCUT2D eigenvalue weighted by molar-refractivity contribution is -0.0738. The molecule has 0 fully saturated rings. The Balaban J connectivity index is 2.29. The second kappa shape index (κ2) is 17.6. The maximum atomic E-state index is 9.41. The third-order valence-electron chi connectivity index (χ3n) is 4.50. The predicted octanol–water partition coefficient (Wildman–Crippen LogP) is 3.58. The molecule has 0 saturated heterocycles. The normalized spacial score (nSPS) is 14.1. The van der Waals surface area contributed by atoms with Crippen molar-refractivity contribution in [1.29, 1.82) is 0 Å². The summed E-state index contributed by atoms with van der Waals surface area (Å²) in [5.74, 6) is 0.297. The number of methoxy groups -OCH3 is 2. The molecule has 0 aliphatic rings. The minimum atomic E-state index is -0.0251. The molecule has 1 rings (SSSR count). The largest absolute Gasteiger partial charge is 0.392 e. The van der Waals surface area contributed by atoms with E-state index in [0.29, 0.717) is 39.0 Å². The summed E-state index contributed by atoms with van der Waals surface area (Å²) in [5.41, 5.74) is 2.28. The molecule has 1 aromatic rings. The van der Waals surface area contributed by atoms with E-state index in [9.17, 15) is 5.11 Å². The molecule has 1 aromatic carbocycles. The number of aliphatic hydroxyl groups is 1. The van der Waals surface area contributed by atoms with Crippen molar-refractivity contribution < 1.29 is 28.8 Å². The second-order valence-electron chi connectivity index (χ2n) is 7.07. The van der Waals surface area contributed by atoms with Crippen molar-refractivity contribution in [2.45, 2.75) is 38.9 Å². The Morgan fingerprint density at radius 3 is 2.52 bits per heavy atom. The first-order valence-electron chi connectivity index (χ1n) is 10.3. The molecule has 2 atom stereocenters. The molecule has 6 heteroatoms. The number of hydrogen-bond donors (Lipinski definition) is 1. The Hall–Kier alpha value is -1.28. The Labute approximate surface area is 175 Å². The molecule has 0 unspecified atom stereocenters. The van der Waals surface area contributed by atoms with E-state index < -0.39 is 0 Å². The summed E-state index contributed by atoms with van der Waals surface area (Å²) in [6, 6.07) is 10.2. The van der Waals surface area contributed by atoms with E-state index in [4.69, 9.17) is 23.7 Å². The van der Waals surface area contributed by atoms with Crippen LogP contribution in [0.4, 0.5) is 0 Å². The average Bonchev–Trinajstić information content (AvgIpc) is 2.74. The topological polar surface area (TPSA) is 66.4 Å². The van der Waals surface area contributed by atoms with Crippen molar-refractivity contribution >= 4 is 0 Å². The van der Waals surface area contributed by atoms with Crippen LogP contribution in [0.3, 0.4) is 0 Å². The summed E-state index contributed by atoms with van der Waals surface area (Å²) < 4.78 is 27.2. The highest BCUT2D eigenvalue weighted by molar-refractivity contribution is 5.13. The first kappa shape index (κ1) is 25.8. The van der Waals surface area contributed by atoms with Gasteiger partial charge in [0.1, 0.15) is 6.79 Å². The Morgan fingerprint density at radius 1 is 1.03 bits per heavy atom. The van der Waals surface area contributed by atoms with E-state index in [0.717, 1.165) is 24.8 Å². The molecule has 0 spiro atoms. The minimum absolute atomic E-state index is 0.00735. The average molecular weight is 411 g/mol. The zero-order valence-electron chi connectivity index (χ0n) is 18.2. The number of ether oxygens (including phenoxy) is 5. The Bertz CT molecular complexity index is 519. The maximum absolute atomic E-state index is 9.41. The zero-order chi connectivity index (χ0) is 21.2. The van der Waals surface area contributed by atoms with Crippen LogP contribution in [0.2, 0.25) is 0 Å². The van der Waals surface area contributed by atoms with Gasteiger partial charge in [-0.3, -0.25) is 0 Å². The summed E-state index contributed by atoms with van der Waals surface area (Å²) in [7, 11) is 3.36. The first-order chi connectivity index (χ1) is 14.2. The van der Waals surface area contributed by atoms with Crippen molar-refractivity contribution in [3.8, 4) is 0 Å². The molecule has 0 amide bonds. The lowest BCUT2D eigenvalue weighted by atomic mass is 9.95. The monoisotopic (exact) mass is 410 g/mol. The smallest absolute Gasteiger partial charge is 0.146 e. The molecule has 0 radical (unpaired) electrons. The number of hydrogen-bond acceptors (Lipinski definition) is 6. The third-order valence-corrected chi connectivity index (χ3v) is 4.50. The van der Waals surface area contributed by atoms with Crippen LogP contribution in [0.1, 0.15) is 31.7 Å². The van der Waals surface area contributed by atoms with Crippen LogP contribution in [-0.2, 0) is 30.3 Å². The SMILES string of the molecule is COCCOCOC[C@H](C)C/C(=C\CO)[C@@H](CCCOCc1ccccc1)OC. The van der Waals surface area contributed by atoms with Gasteiger partial charge in [-0.25, -0.2) is 0 Å². The minimum Gasteiger partial charge on any atom is -0.392 e. The van der Waals surface area contributed by atoms with Crippen LogP contribution >= 0.6 is 0 Å². The quantitative estimate of drug-likeness (QED) is 0.227. The van der Waals surface area contributed by atoms with Crippen molar-refractivity contribution in [2.75, 3.05) is 54.0 Å². The van der Waals surface area contributed by atoms with Gasteiger partial charge in [0.2, 0.25) is 0 Å². The second-order valence-corrected chi connectivity index (χ2v) is 7.07. The summed E-state index contributed by atoms with van der Waals surface area (Å²) in [5, 5.41) is 9.41. The van der Waals surface area contributed by atoms with Crippen LogP contribution in [0.25, 0.3) is 0 Å². The van der Waals surface area contributed by atoms with Gasteiger partial charge in [-0.15, -0.1) is 0 Å². The van der Waals surface area contributed by atoms with Crippen LogP contribution in [0.5, 0.6) is 0 Å². The van der Waals surface area contributed by atoms with Crippen molar-refractivity contribution in [2.24, 2.45) is 5.92 Å². The number of benzene rings is 1. The molecule has 29 heavy (non-hydrogen) atoms. The summed E-state index contributed by atoms with van der Waals surface area (Å²) >= 11 is 0. The highest BCUT2D eigenvalue weighted by Crippen LogP contribution is 2.21. The fraction of sp³-hybridized carbons (Fsp3) is 0.652. The zero-order valence-corrected chi connectivity index (χ0v) is 18.2. The van der Waals surface area contributed by atoms with E-state index in [1.165, 1.54) is 5.56 Å². The van der Waals surface area contributed by atoms with E-state index in [1.54, 1.807) is 14.2 Å². The van der Waals surface area contributed by atoms with Gasteiger partial charge in [-0.05, 0) is 36.3 Å². The summed E-state index contributed by atoms with van der Waals surface area (Å²) in [4.78, 5) is 0. The molecular weight excluding hydrogens is 372 g/mol. The Morgan fingerprint density at radius 2 is 1.83 bits per heavy atom. The molecule has 0 aliphatic carbocycles. The molecule has 0 bridgehead atoms. The molecule has 166 valence electrons. The van der Waals surface area contributed by atoms with E-state index in [1.807, 2.05) is 24.3 Å². The first-order valence-corrected chi connectivity index (χ1v) is 10.3. The van der Waals surface area contributed by atoms with E-state index >= 15 is 0 Å². The van der Waals surface area contributed by atoms with E-state index in [2.05, 4.69) is 19.1 Å². The van der Waals surface area contributed by atoms with Crippen molar-refractivity contribution in [1.82, 2.24) is 0 Å². The maximum Gasteiger partial charge on any atom is 0.146 e. The summed E-state index contributed by atoms with van der Waals surface area (Å²) in [6.45, 7) is 5.37.